The highest BCUT2D eigenvalue weighted by molar-refractivity contribution is 6.00. The summed E-state index contributed by atoms with van der Waals surface area (Å²) in [7, 11) is 6.33. The number of amides is 2. The van der Waals surface area contributed by atoms with Gasteiger partial charge in [-0.05, 0) is 83.6 Å². The molecule has 4 atom stereocenters. The van der Waals surface area contributed by atoms with Crippen molar-refractivity contribution in [1.82, 2.24) is 29.7 Å². The molecule has 2 aliphatic rings. The van der Waals surface area contributed by atoms with Crippen molar-refractivity contribution < 1.29 is 27.8 Å². The molecule has 0 unspecified atom stereocenters. The number of hydrogen-bond acceptors (Lipinski definition) is 6. The van der Waals surface area contributed by atoms with Crippen LogP contribution in [0.3, 0.4) is 0 Å². The zero-order valence-corrected chi connectivity index (χ0v) is 34.4. The summed E-state index contributed by atoms with van der Waals surface area (Å²) in [6.45, 7) is 3.84. The second-order valence-corrected chi connectivity index (χ2v) is 14.9. The van der Waals surface area contributed by atoms with E-state index in [-0.39, 0.29) is 11.8 Å². The Morgan fingerprint density at radius 1 is 0.650 bits per heavy atom. The highest BCUT2D eigenvalue weighted by atomic mass is 19.1. The zero-order valence-electron chi connectivity index (χ0n) is 34.4. The highest BCUT2D eigenvalue weighted by Gasteiger charge is 2.38. The van der Waals surface area contributed by atoms with Crippen LogP contribution in [-0.4, -0.2) is 71.6 Å². The van der Waals surface area contributed by atoms with Gasteiger partial charge in [0.2, 0.25) is 11.8 Å². The van der Waals surface area contributed by atoms with Crippen LogP contribution in [0.25, 0.3) is 23.5 Å². The maximum Gasteiger partial charge on any atom is 0.247 e. The molecule has 8 rings (SSSR count). The maximum absolute atomic E-state index is 15.0. The smallest absolute Gasteiger partial charge is 0.247 e. The number of ether oxygens (including phenoxy) is 2. The molecule has 4 aromatic carbocycles. The van der Waals surface area contributed by atoms with Crippen molar-refractivity contribution in [3.8, 4) is 22.9 Å². The fourth-order valence-corrected chi connectivity index (χ4v) is 8.16. The van der Waals surface area contributed by atoms with E-state index < -0.39 is 24.2 Å². The van der Waals surface area contributed by atoms with Crippen molar-refractivity contribution >= 4 is 24.0 Å². The number of likely N-dealkylation sites (N-methyl/N-ethyl adjacent to an activating group) is 2. The predicted octanol–water partition coefficient (Wildman–Crippen LogP) is 7.99. The molecule has 2 heterocycles. The zero-order chi connectivity index (χ0) is 42.5. The lowest BCUT2D eigenvalue weighted by Crippen LogP contribution is -2.26. The molecule has 0 saturated heterocycles. The number of nitrogens with zero attached hydrogens (tertiary/aromatic N) is 4. The molecule has 2 N–H and O–H groups in total. The van der Waals surface area contributed by atoms with Crippen LogP contribution >= 0.6 is 0 Å². The fourth-order valence-electron chi connectivity index (χ4n) is 8.16. The molecule has 2 amide bonds. The second-order valence-electron chi connectivity index (χ2n) is 14.9. The molecule has 0 radical (unpaired) electrons. The molecule has 0 bridgehead atoms. The van der Waals surface area contributed by atoms with Gasteiger partial charge in [0.25, 0.3) is 0 Å². The number of benzene rings is 4. The number of rotatable bonds is 10. The molecular formula is C48H48F2N6O4. The Bertz CT molecular complexity index is 2420. The van der Waals surface area contributed by atoms with Crippen LogP contribution in [-0.2, 0) is 22.4 Å². The van der Waals surface area contributed by atoms with Gasteiger partial charge >= 0.3 is 0 Å². The number of methoxy groups -OCH3 is 2. The SMILES string of the molecule is CNC(=O)C(=Cc1ccc(-n2cnc(C)c2)c(OC)c1)[C@@H]1c2ccccc2C[C@H]1F.CNC(=O)C(=Cc1ccc(-n2cnc(C)c2)c(OC)c1)[C@H]1c2ccccc2C[C@@H]1F. The van der Waals surface area contributed by atoms with Gasteiger partial charge in [-0.15, -0.1) is 0 Å². The van der Waals surface area contributed by atoms with Crippen LogP contribution in [0, 0.1) is 13.8 Å². The van der Waals surface area contributed by atoms with E-state index >= 15 is 8.78 Å². The summed E-state index contributed by atoms with van der Waals surface area (Å²) in [4.78, 5) is 33.9. The van der Waals surface area contributed by atoms with Crippen LogP contribution < -0.4 is 20.1 Å². The number of carbonyl (C=O) groups excluding carboxylic acids is 2. The van der Waals surface area contributed by atoms with Crippen molar-refractivity contribution in [3.05, 3.63) is 166 Å². The molecule has 0 fully saturated rings. The van der Waals surface area contributed by atoms with Gasteiger partial charge in [-0.3, -0.25) is 9.59 Å². The lowest BCUT2D eigenvalue weighted by atomic mass is 9.89. The van der Waals surface area contributed by atoms with Gasteiger partial charge in [0.1, 0.15) is 23.8 Å². The minimum absolute atomic E-state index is 0.285. The van der Waals surface area contributed by atoms with Crippen LogP contribution in [0.15, 0.2) is 121 Å². The Hall–Kier alpha value is -6.82. The summed E-state index contributed by atoms with van der Waals surface area (Å²) in [6, 6.07) is 26.5. The molecule has 0 aliphatic heterocycles. The molecular weight excluding hydrogens is 763 g/mol. The first-order chi connectivity index (χ1) is 29.0. The predicted molar refractivity (Wildman–Crippen MR) is 229 cm³/mol. The van der Waals surface area contributed by atoms with Crippen LogP contribution in [0.5, 0.6) is 11.5 Å². The summed E-state index contributed by atoms with van der Waals surface area (Å²) in [5, 5.41) is 5.33. The lowest BCUT2D eigenvalue weighted by Gasteiger charge is -2.18. The number of imidazole rings is 2. The molecule has 2 aliphatic carbocycles. The Kier molecular flexibility index (Phi) is 12.4. The van der Waals surface area contributed by atoms with Gasteiger partial charge in [-0.25, -0.2) is 18.7 Å². The maximum atomic E-state index is 15.0. The third kappa shape index (κ3) is 8.49. The molecule has 2 aromatic heterocycles. The Morgan fingerprint density at radius 3 is 1.40 bits per heavy atom. The van der Waals surface area contributed by atoms with Crippen molar-refractivity contribution in [3.63, 3.8) is 0 Å². The van der Waals surface area contributed by atoms with E-state index in [1.807, 2.05) is 120 Å². The van der Waals surface area contributed by atoms with E-state index in [4.69, 9.17) is 9.47 Å². The monoisotopic (exact) mass is 810 g/mol. The summed E-state index contributed by atoms with van der Waals surface area (Å²) in [5.74, 6) is -0.478. The summed E-state index contributed by atoms with van der Waals surface area (Å²) in [6.07, 6.45) is 9.13. The van der Waals surface area contributed by atoms with Crippen LogP contribution in [0.1, 0.15) is 56.6 Å². The van der Waals surface area contributed by atoms with E-state index in [1.165, 1.54) is 0 Å². The Morgan fingerprint density at radius 2 is 1.05 bits per heavy atom. The minimum Gasteiger partial charge on any atom is -0.495 e. The van der Waals surface area contributed by atoms with Gasteiger partial charge < -0.3 is 29.2 Å². The molecule has 60 heavy (non-hydrogen) atoms. The number of halogens is 2. The van der Waals surface area contributed by atoms with Crippen LogP contribution in [0.4, 0.5) is 8.78 Å². The first kappa shape index (κ1) is 41.3. The molecule has 6 aromatic rings. The van der Waals surface area contributed by atoms with Crippen molar-refractivity contribution in [2.24, 2.45) is 0 Å². The highest BCUT2D eigenvalue weighted by Crippen LogP contribution is 2.43. The van der Waals surface area contributed by atoms with E-state index in [9.17, 15) is 9.59 Å². The first-order valence-corrected chi connectivity index (χ1v) is 19.7. The molecule has 12 heteroatoms. The quantitative estimate of drug-likeness (QED) is 0.136. The Balaban J connectivity index is 0.000000181. The molecule has 10 nitrogen and oxygen atoms in total. The van der Waals surface area contributed by atoms with Crippen LogP contribution in [0.2, 0.25) is 0 Å². The van der Waals surface area contributed by atoms with Gasteiger partial charge in [-0.2, -0.15) is 0 Å². The summed E-state index contributed by atoms with van der Waals surface area (Å²) >= 11 is 0. The lowest BCUT2D eigenvalue weighted by molar-refractivity contribution is -0.118. The van der Waals surface area contributed by atoms with Crippen molar-refractivity contribution in [1.29, 1.82) is 0 Å². The number of aromatic nitrogens is 4. The van der Waals surface area contributed by atoms with E-state index in [2.05, 4.69) is 20.6 Å². The number of fused-ring (bicyclic) bond motifs is 2. The summed E-state index contributed by atoms with van der Waals surface area (Å²) in [5.41, 5.74) is 9.47. The van der Waals surface area contributed by atoms with Gasteiger partial charge in [0, 0.05) is 62.3 Å². The van der Waals surface area contributed by atoms with Crippen molar-refractivity contribution in [2.45, 2.75) is 50.9 Å². The van der Waals surface area contributed by atoms with E-state index in [0.717, 1.165) is 56.1 Å². The second kappa shape index (κ2) is 18.0. The van der Waals surface area contributed by atoms with E-state index in [1.54, 1.807) is 53.1 Å². The van der Waals surface area contributed by atoms with Gasteiger partial charge in [-0.1, -0.05) is 60.7 Å². The fraction of sp³-hybridized carbons (Fsp3) is 0.250. The molecule has 0 saturated carbocycles. The number of aryl methyl sites for hydroxylation is 2. The number of nitrogens with one attached hydrogen (secondary N) is 2. The summed E-state index contributed by atoms with van der Waals surface area (Å²) < 4.78 is 44.9. The molecule has 308 valence electrons. The first-order valence-electron chi connectivity index (χ1n) is 19.7. The topological polar surface area (TPSA) is 112 Å². The normalized spacial score (nSPS) is 18.2. The van der Waals surface area contributed by atoms with Crippen molar-refractivity contribution in [2.75, 3.05) is 28.3 Å². The number of alkyl halides is 2. The number of carbonyl (C=O) groups is 2. The van der Waals surface area contributed by atoms with Gasteiger partial charge in [0.05, 0.1) is 49.6 Å². The van der Waals surface area contributed by atoms with E-state index in [0.29, 0.717) is 35.5 Å². The largest absolute Gasteiger partial charge is 0.495 e. The third-order valence-electron chi connectivity index (χ3n) is 11.0. The molecule has 0 spiro atoms. The third-order valence-corrected chi connectivity index (χ3v) is 11.0. The average Bonchev–Trinajstić information content (AvgIpc) is 4.05. The standard InChI is InChI=1S/2C24H24FN3O2/c2*1-15-13-28(14-27-15)21-9-8-16(11-22(21)30-3)10-19(24(29)26-2)23-18-7-5-4-6-17(18)12-20(23)25/h2*4-11,13-14,20,23H,12H2,1-3H3,(H,26,29)/t2*20-,23+/m10/s1. The van der Waals surface area contributed by atoms with Gasteiger partial charge in [0.15, 0.2) is 0 Å². The average molecular weight is 811 g/mol. The Labute approximate surface area is 348 Å². The number of hydrogen-bond donors (Lipinski definition) is 2. The minimum atomic E-state index is -1.14.